The summed E-state index contributed by atoms with van der Waals surface area (Å²) in [7, 11) is 0. The van der Waals surface area contributed by atoms with Crippen LogP contribution in [0.1, 0.15) is 41.6 Å². The SMILES string of the molecule is O=C(COC(=O)c1cccc(N2C(=O)[C@H]3CCCC[C@@H]3C2=O)c1)Nc1cccc(C(F)(F)F)c1. The molecule has 2 aromatic carbocycles. The number of hydrogen-bond acceptors (Lipinski definition) is 5. The van der Waals surface area contributed by atoms with Crippen molar-refractivity contribution in [3.05, 3.63) is 59.7 Å². The molecule has 1 aliphatic carbocycles. The Morgan fingerprint density at radius 2 is 1.62 bits per heavy atom. The summed E-state index contributed by atoms with van der Waals surface area (Å²) in [6.07, 6.45) is -1.46. The third kappa shape index (κ3) is 4.80. The third-order valence-corrected chi connectivity index (χ3v) is 5.99. The van der Waals surface area contributed by atoms with Crippen molar-refractivity contribution in [3.63, 3.8) is 0 Å². The number of halogens is 3. The topological polar surface area (TPSA) is 92.8 Å². The smallest absolute Gasteiger partial charge is 0.416 e. The highest BCUT2D eigenvalue weighted by atomic mass is 19.4. The standard InChI is InChI=1S/C24H21F3N2O5/c25-24(26,27)15-6-4-7-16(12-15)28-20(30)13-34-23(33)14-5-3-8-17(11-14)29-21(31)18-9-1-2-10-19(18)22(29)32/h3-8,11-12,18-19H,1-2,9-10,13H2,(H,28,30)/t18-,19-/m0/s1. The normalized spacial score (nSPS) is 20.1. The maximum atomic E-state index is 12.8. The van der Waals surface area contributed by atoms with E-state index >= 15 is 0 Å². The number of nitrogens with one attached hydrogen (secondary N) is 1. The molecule has 1 saturated heterocycles. The first kappa shape index (κ1) is 23.5. The van der Waals surface area contributed by atoms with Gasteiger partial charge >= 0.3 is 12.1 Å². The third-order valence-electron chi connectivity index (χ3n) is 5.99. The highest BCUT2D eigenvalue weighted by Gasteiger charge is 2.48. The lowest BCUT2D eigenvalue weighted by molar-refractivity contribution is -0.137. The fourth-order valence-corrected chi connectivity index (χ4v) is 4.37. The molecule has 7 nitrogen and oxygen atoms in total. The van der Waals surface area contributed by atoms with Crippen molar-refractivity contribution in [1.29, 1.82) is 0 Å². The van der Waals surface area contributed by atoms with Gasteiger partial charge in [0.25, 0.3) is 5.91 Å². The van der Waals surface area contributed by atoms with Crippen LogP contribution in [0.2, 0.25) is 0 Å². The number of ether oxygens (including phenoxy) is 1. The molecule has 0 spiro atoms. The van der Waals surface area contributed by atoms with Crippen molar-refractivity contribution in [2.24, 2.45) is 11.8 Å². The highest BCUT2D eigenvalue weighted by molar-refractivity contribution is 6.22. The molecule has 178 valence electrons. The van der Waals surface area contributed by atoms with E-state index in [2.05, 4.69) is 5.32 Å². The molecule has 1 aliphatic heterocycles. The molecular formula is C24H21F3N2O5. The van der Waals surface area contributed by atoms with E-state index in [1.165, 1.54) is 24.3 Å². The summed E-state index contributed by atoms with van der Waals surface area (Å²) in [5, 5.41) is 2.24. The van der Waals surface area contributed by atoms with Crippen molar-refractivity contribution < 1.29 is 37.1 Å². The van der Waals surface area contributed by atoms with Gasteiger partial charge in [0.2, 0.25) is 11.8 Å². The van der Waals surface area contributed by atoms with Gasteiger partial charge in [-0.2, -0.15) is 13.2 Å². The maximum Gasteiger partial charge on any atom is 0.416 e. The first-order valence-electron chi connectivity index (χ1n) is 10.8. The van der Waals surface area contributed by atoms with Crippen LogP contribution in [0, 0.1) is 11.8 Å². The van der Waals surface area contributed by atoms with Crippen LogP contribution in [0.5, 0.6) is 0 Å². The first-order chi connectivity index (χ1) is 16.1. The van der Waals surface area contributed by atoms with E-state index in [9.17, 15) is 32.3 Å². The van der Waals surface area contributed by atoms with Gasteiger partial charge in [-0.15, -0.1) is 0 Å². The first-order valence-corrected chi connectivity index (χ1v) is 10.8. The number of esters is 1. The van der Waals surface area contributed by atoms with E-state index < -0.39 is 30.2 Å². The molecule has 4 rings (SSSR count). The summed E-state index contributed by atoms with van der Waals surface area (Å²) < 4.78 is 43.4. The minimum absolute atomic E-state index is 0.0276. The summed E-state index contributed by atoms with van der Waals surface area (Å²) in [6.45, 7) is -0.731. The minimum Gasteiger partial charge on any atom is -0.452 e. The molecule has 2 aliphatic rings. The van der Waals surface area contributed by atoms with Crippen molar-refractivity contribution in [2.75, 3.05) is 16.8 Å². The van der Waals surface area contributed by atoms with Gasteiger partial charge in [0.05, 0.1) is 28.7 Å². The van der Waals surface area contributed by atoms with Crippen molar-refractivity contribution in [1.82, 2.24) is 0 Å². The van der Waals surface area contributed by atoms with Crippen LogP contribution in [0.15, 0.2) is 48.5 Å². The Bertz CT molecular complexity index is 1120. The predicted octanol–water partition coefficient (Wildman–Crippen LogP) is 4.18. The number of anilines is 2. The number of hydrogen-bond donors (Lipinski definition) is 1. The van der Waals surface area contributed by atoms with E-state index in [1.54, 1.807) is 6.07 Å². The minimum atomic E-state index is -4.56. The molecule has 34 heavy (non-hydrogen) atoms. The Morgan fingerprint density at radius 1 is 0.971 bits per heavy atom. The lowest BCUT2D eigenvalue weighted by Gasteiger charge is -2.19. The molecule has 0 unspecified atom stereocenters. The van der Waals surface area contributed by atoms with E-state index in [1.807, 2.05) is 0 Å². The predicted molar refractivity (Wildman–Crippen MR) is 115 cm³/mol. The number of fused-ring (bicyclic) bond motifs is 1. The summed E-state index contributed by atoms with van der Waals surface area (Å²) in [5.41, 5.74) is -0.734. The molecule has 10 heteroatoms. The molecule has 0 radical (unpaired) electrons. The molecule has 1 saturated carbocycles. The van der Waals surface area contributed by atoms with Crippen LogP contribution >= 0.6 is 0 Å². The van der Waals surface area contributed by atoms with Crippen LogP contribution in [-0.4, -0.2) is 30.3 Å². The summed E-state index contributed by atoms with van der Waals surface area (Å²) in [4.78, 5) is 51.1. The second-order valence-electron chi connectivity index (χ2n) is 8.26. The number of carbonyl (C=O) groups is 4. The zero-order chi connectivity index (χ0) is 24.5. The van der Waals surface area contributed by atoms with Gasteiger partial charge in [-0.25, -0.2) is 4.79 Å². The molecule has 1 heterocycles. The van der Waals surface area contributed by atoms with Gasteiger partial charge in [0.15, 0.2) is 6.61 Å². The van der Waals surface area contributed by atoms with Gasteiger partial charge in [-0.1, -0.05) is 25.0 Å². The zero-order valence-electron chi connectivity index (χ0n) is 17.9. The largest absolute Gasteiger partial charge is 0.452 e. The molecule has 0 aromatic heterocycles. The number of alkyl halides is 3. The lowest BCUT2D eigenvalue weighted by atomic mass is 9.81. The average Bonchev–Trinajstić information content (AvgIpc) is 3.07. The summed E-state index contributed by atoms with van der Waals surface area (Å²) in [6, 6.07) is 9.86. The second-order valence-corrected chi connectivity index (χ2v) is 8.26. The van der Waals surface area contributed by atoms with Gasteiger partial charge < -0.3 is 10.1 Å². The van der Waals surface area contributed by atoms with E-state index in [-0.39, 0.29) is 40.6 Å². The zero-order valence-corrected chi connectivity index (χ0v) is 17.9. The fraction of sp³-hybridized carbons (Fsp3) is 0.333. The van der Waals surface area contributed by atoms with Gasteiger partial charge in [0, 0.05) is 5.69 Å². The van der Waals surface area contributed by atoms with Crippen LogP contribution in [0.25, 0.3) is 0 Å². The van der Waals surface area contributed by atoms with E-state index in [0.717, 1.165) is 35.9 Å². The van der Waals surface area contributed by atoms with Gasteiger partial charge in [-0.05, 0) is 49.2 Å². The van der Waals surface area contributed by atoms with Crippen LogP contribution in [0.3, 0.4) is 0 Å². The monoisotopic (exact) mass is 474 g/mol. The Morgan fingerprint density at radius 3 is 2.26 bits per heavy atom. The number of amides is 3. The molecule has 0 bridgehead atoms. The quantitative estimate of drug-likeness (QED) is 0.519. The number of benzene rings is 2. The van der Waals surface area contributed by atoms with Crippen LogP contribution in [0.4, 0.5) is 24.5 Å². The highest BCUT2D eigenvalue weighted by Crippen LogP contribution is 2.40. The van der Waals surface area contributed by atoms with Gasteiger partial charge in [-0.3, -0.25) is 19.3 Å². The summed E-state index contributed by atoms with van der Waals surface area (Å²) >= 11 is 0. The number of imide groups is 1. The van der Waals surface area contributed by atoms with E-state index in [0.29, 0.717) is 12.8 Å². The number of nitrogens with zero attached hydrogens (tertiary/aromatic N) is 1. The Kier molecular flexibility index (Phi) is 6.41. The van der Waals surface area contributed by atoms with Gasteiger partial charge in [0.1, 0.15) is 0 Å². The average molecular weight is 474 g/mol. The number of carbonyl (C=O) groups excluding carboxylic acids is 4. The Balaban J connectivity index is 1.39. The fourth-order valence-electron chi connectivity index (χ4n) is 4.37. The Hall–Kier alpha value is -3.69. The maximum absolute atomic E-state index is 12.8. The molecule has 2 fully saturated rings. The lowest BCUT2D eigenvalue weighted by Crippen LogP contribution is -2.31. The number of rotatable bonds is 5. The van der Waals surface area contributed by atoms with Crippen molar-refractivity contribution >= 4 is 35.1 Å². The van der Waals surface area contributed by atoms with Crippen molar-refractivity contribution in [3.8, 4) is 0 Å². The Labute approximate surface area is 192 Å². The van der Waals surface area contributed by atoms with Crippen LogP contribution in [-0.2, 0) is 25.3 Å². The van der Waals surface area contributed by atoms with E-state index in [4.69, 9.17) is 4.74 Å². The molecule has 3 amide bonds. The van der Waals surface area contributed by atoms with Crippen LogP contribution < -0.4 is 10.2 Å². The molecule has 2 aromatic rings. The second kappa shape index (κ2) is 9.28. The summed E-state index contributed by atoms with van der Waals surface area (Å²) in [5.74, 6) is -2.93. The molecular weight excluding hydrogens is 453 g/mol. The molecule has 1 N–H and O–H groups in total. The van der Waals surface area contributed by atoms with Crippen molar-refractivity contribution in [2.45, 2.75) is 31.9 Å². The molecule has 2 atom stereocenters.